The van der Waals surface area contributed by atoms with Crippen LogP contribution in [0.4, 0.5) is 0 Å². The third kappa shape index (κ3) is 1.97. The van der Waals surface area contributed by atoms with Gasteiger partial charge in [-0.1, -0.05) is 69.4 Å². The average Bonchev–Trinajstić information content (AvgIpc) is 3.19. The van der Waals surface area contributed by atoms with Crippen LogP contribution in [0.5, 0.6) is 0 Å². The summed E-state index contributed by atoms with van der Waals surface area (Å²) < 4.78 is 0. The minimum absolute atomic E-state index is 0.231. The zero-order valence-corrected chi connectivity index (χ0v) is 12.2. The van der Waals surface area contributed by atoms with Crippen molar-refractivity contribution in [2.45, 2.75) is 51.4 Å². The Balaban J connectivity index is 1.92. The molecular weight excluding hydrogens is 248 g/mol. The molecule has 108 valence electrons. The van der Waals surface area contributed by atoms with Crippen molar-refractivity contribution in [3.63, 3.8) is 0 Å². The maximum atomic E-state index is 12.0. The van der Waals surface area contributed by atoms with Crippen LogP contribution >= 0.6 is 0 Å². The number of carboxylic acids is 1. The second kappa shape index (κ2) is 5.23. The van der Waals surface area contributed by atoms with Crippen molar-refractivity contribution in [2.24, 2.45) is 17.3 Å². The second-order valence-electron chi connectivity index (χ2n) is 6.51. The lowest BCUT2D eigenvalue weighted by Gasteiger charge is -2.23. The molecule has 2 saturated carbocycles. The highest BCUT2D eigenvalue weighted by molar-refractivity contribution is 5.81. The highest BCUT2D eigenvalue weighted by Crippen LogP contribution is 2.71. The van der Waals surface area contributed by atoms with Crippen LogP contribution in [0.25, 0.3) is 0 Å². The molecule has 0 unspecified atom stereocenters. The lowest BCUT2D eigenvalue weighted by molar-refractivity contribution is -0.144. The molecule has 0 heterocycles. The van der Waals surface area contributed by atoms with Gasteiger partial charge >= 0.3 is 5.97 Å². The largest absolute Gasteiger partial charge is 0.481 e. The average molecular weight is 272 g/mol. The first-order valence-corrected chi connectivity index (χ1v) is 8.00. The molecule has 3 rings (SSSR count). The van der Waals surface area contributed by atoms with E-state index in [0.29, 0.717) is 11.8 Å². The van der Waals surface area contributed by atoms with E-state index in [4.69, 9.17) is 0 Å². The van der Waals surface area contributed by atoms with E-state index in [9.17, 15) is 9.90 Å². The summed E-state index contributed by atoms with van der Waals surface area (Å²) in [7, 11) is 0. The molecule has 1 aromatic carbocycles. The summed E-state index contributed by atoms with van der Waals surface area (Å²) in [6, 6.07) is 10.3. The molecule has 2 nitrogen and oxygen atoms in total. The maximum absolute atomic E-state index is 12.0. The topological polar surface area (TPSA) is 37.3 Å². The highest BCUT2D eigenvalue weighted by atomic mass is 16.4. The summed E-state index contributed by atoms with van der Waals surface area (Å²) >= 11 is 0. The molecule has 2 aliphatic rings. The van der Waals surface area contributed by atoms with Crippen molar-refractivity contribution in [1.82, 2.24) is 0 Å². The fourth-order valence-electron chi connectivity index (χ4n) is 4.70. The molecular formula is C18H24O2. The Labute approximate surface area is 121 Å². The van der Waals surface area contributed by atoms with Gasteiger partial charge in [-0.3, -0.25) is 4.79 Å². The molecule has 0 radical (unpaired) electrons. The van der Waals surface area contributed by atoms with Crippen molar-refractivity contribution in [3.8, 4) is 0 Å². The minimum Gasteiger partial charge on any atom is -0.481 e. The Morgan fingerprint density at radius 1 is 1.20 bits per heavy atom. The van der Waals surface area contributed by atoms with E-state index in [0.717, 1.165) is 6.42 Å². The summed E-state index contributed by atoms with van der Waals surface area (Å²) in [4.78, 5) is 12.0. The molecule has 0 bridgehead atoms. The van der Waals surface area contributed by atoms with E-state index in [2.05, 4.69) is 12.1 Å². The van der Waals surface area contributed by atoms with Crippen LogP contribution in [-0.2, 0) is 4.79 Å². The molecule has 3 atom stereocenters. The molecule has 0 aliphatic heterocycles. The molecule has 0 amide bonds. The number of aliphatic carboxylic acids is 1. The van der Waals surface area contributed by atoms with Gasteiger partial charge in [-0.2, -0.15) is 0 Å². The molecule has 2 aliphatic carbocycles. The Morgan fingerprint density at radius 3 is 2.40 bits per heavy atom. The van der Waals surface area contributed by atoms with Gasteiger partial charge in [-0.05, 0) is 23.8 Å². The molecule has 1 N–H and O–H groups in total. The normalized spacial score (nSPS) is 33.9. The van der Waals surface area contributed by atoms with Crippen molar-refractivity contribution >= 4 is 5.97 Å². The number of carbonyl (C=O) groups is 1. The van der Waals surface area contributed by atoms with Crippen molar-refractivity contribution in [3.05, 3.63) is 35.9 Å². The van der Waals surface area contributed by atoms with Gasteiger partial charge < -0.3 is 5.11 Å². The van der Waals surface area contributed by atoms with Gasteiger partial charge in [0.2, 0.25) is 0 Å². The van der Waals surface area contributed by atoms with Crippen LogP contribution in [0.2, 0.25) is 0 Å². The molecule has 2 heteroatoms. The highest BCUT2D eigenvalue weighted by Gasteiger charge is 2.70. The maximum Gasteiger partial charge on any atom is 0.310 e. The third-order valence-electron chi connectivity index (χ3n) is 5.70. The van der Waals surface area contributed by atoms with Gasteiger partial charge in [0.25, 0.3) is 0 Å². The van der Waals surface area contributed by atoms with Gasteiger partial charge in [0.1, 0.15) is 0 Å². The number of benzene rings is 1. The van der Waals surface area contributed by atoms with Crippen LogP contribution in [-0.4, -0.2) is 11.1 Å². The molecule has 2 fully saturated rings. The number of carboxylic acid groups (broad SMARTS) is 1. The summed E-state index contributed by atoms with van der Waals surface area (Å²) in [5, 5.41) is 9.84. The first kappa shape index (κ1) is 13.7. The predicted octanol–water partition coefficient (Wildman–Crippen LogP) is 4.46. The zero-order chi connectivity index (χ0) is 14.2. The Kier molecular flexibility index (Phi) is 3.57. The van der Waals surface area contributed by atoms with Crippen LogP contribution in [0.15, 0.2) is 30.3 Å². The van der Waals surface area contributed by atoms with E-state index in [-0.39, 0.29) is 5.92 Å². The standard InChI is InChI=1S/C18H24O2/c1-2-18(17(19)20)15(13-9-5-3-6-10-13)16(18)14-11-7-4-8-12-14/h3,5-6,9-10,14-16H,2,4,7-8,11-12H2,1H3,(H,19,20)/t15-,16+,18-/m0/s1. The monoisotopic (exact) mass is 272 g/mol. The van der Waals surface area contributed by atoms with Gasteiger partial charge in [-0.15, -0.1) is 0 Å². The summed E-state index contributed by atoms with van der Waals surface area (Å²) in [6.07, 6.45) is 7.09. The van der Waals surface area contributed by atoms with Gasteiger partial charge in [-0.25, -0.2) is 0 Å². The van der Waals surface area contributed by atoms with Crippen LogP contribution in [0.1, 0.15) is 56.9 Å². The van der Waals surface area contributed by atoms with E-state index >= 15 is 0 Å². The van der Waals surface area contributed by atoms with E-state index in [1.54, 1.807) is 0 Å². The van der Waals surface area contributed by atoms with E-state index < -0.39 is 11.4 Å². The third-order valence-corrected chi connectivity index (χ3v) is 5.70. The Morgan fingerprint density at radius 2 is 1.85 bits per heavy atom. The fraction of sp³-hybridized carbons (Fsp3) is 0.611. The number of hydrogen-bond donors (Lipinski definition) is 1. The summed E-state index contributed by atoms with van der Waals surface area (Å²) in [5.41, 5.74) is 0.732. The lowest BCUT2D eigenvalue weighted by Crippen LogP contribution is -2.21. The van der Waals surface area contributed by atoms with Crippen molar-refractivity contribution < 1.29 is 9.90 Å². The van der Waals surface area contributed by atoms with Crippen molar-refractivity contribution in [2.75, 3.05) is 0 Å². The lowest BCUT2D eigenvalue weighted by atomic mass is 9.82. The molecule has 1 aromatic rings. The molecule has 0 saturated heterocycles. The summed E-state index contributed by atoms with van der Waals surface area (Å²) in [5.74, 6) is 0.622. The number of rotatable bonds is 4. The SMILES string of the molecule is CC[C@@]1(C(=O)O)[C@H](C2CCCCC2)[C@@H]1c1ccccc1. The predicted molar refractivity (Wildman–Crippen MR) is 79.6 cm³/mol. The van der Waals surface area contributed by atoms with E-state index in [1.165, 1.54) is 37.7 Å². The van der Waals surface area contributed by atoms with Crippen LogP contribution in [0, 0.1) is 17.3 Å². The van der Waals surface area contributed by atoms with Crippen LogP contribution < -0.4 is 0 Å². The summed E-state index contributed by atoms with van der Waals surface area (Å²) in [6.45, 7) is 2.05. The first-order chi connectivity index (χ1) is 9.71. The van der Waals surface area contributed by atoms with E-state index in [1.807, 2.05) is 25.1 Å². The quantitative estimate of drug-likeness (QED) is 0.878. The van der Waals surface area contributed by atoms with Crippen molar-refractivity contribution in [1.29, 1.82) is 0 Å². The molecule has 0 aromatic heterocycles. The fourth-order valence-corrected chi connectivity index (χ4v) is 4.70. The molecule has 0 spiro atoms. The Hall–Kier alpha value is -1.31. The Bertz CT molecular complexity index is 475. The van der Waals surface area contributed by atoms with Gasteiger partial charge in [0, 0.05) is 5.92 Å². The van der Waals surface area contributed by atoms with Crippen LogP contribution in [0.3, 0.4) is 0 Å². The smallest absolute Gasteiger partial charge is 0.310 e. The molecule has 20 heavy (non-hydrogen) atoms. The van der Waals surface area contributed by atoms with Gasteiger partial charge in [0.15, 0.2) is 0 Å². The zero-order valence-electron chi connectivity index (χ0n) is 12.2. The minimum atomic E-state index is -0.579. The number of hydrogen-bond acceptors (Lipinski definition) is 1. The van der Waals surface area contributed by atoms with Gasteiger partial charge in [0.05, 0.1) is 5.41 Å². The first-order valence-electron chi connectivity index (χ1n) is 8.00. The second-order valence-corrected chi connectivity index (χ2v) is 6.51.